The smallest absolute Gasteiger partial charge is 0.303 e. The van der Waals surface area contributed by atoms with E-state index in [1.54, 1.807) is 0 Å². The Hall–Kier alpha value is -3.19. The summed E-state index contributed by atoms with van der Waals surface area (Å²) in [4.78, 5) is 13.0. The third-order valence-corrected chi connectivity index (χ3v) is 8.43. The second kappa shape index (κ2) is 9.60. The fraction of sp³-hybridized carbons (Fsp3) is 0.467. The van der Waals surface area contributed by atoms with Crippen molar-refractivity contribution in [3.05, 3.63) is 76.4 Å². The number of halogens is 1. The zero-order valence-electron chi connectivity index (χ0n) is 21.5. The van der Waals surface area contributed by atoms with Crippen LogP contribution in [0, 0.1) is 25.6 Å². The van der Waals surface area contributed by atoms with E-state index >= 15 is 0 Å². The van der Waals surface area contributed by atoms with E-state index in [-0.39, 0.29) is 24.4 Å². The molecule has 1 aliphatic heterocycles. The molecular formula is C30H34FN3O3. The van der Waals surface area contributed by atoms with Crippen LogP contribution < -0.4 is 4.90 Å². The molecule has 0 spiro atoms. The first kappa shape index (κ1) is 24.2. The van der Waals surface area contributed by atoms with Crippen LogP contribution in [0.3, 0.4) is 0 Å². The predicted molar refractivity (Wildman–Crippen MR) is 140 cm³/mol. The SMILES string of the molecule is Cc1cccc(C)c1-n1ncc(C2CC2)c1CO[C@@H]1C[C@@H]2C[C@H]1CN2c1ccc(CCC(=O)O)cc1F. The van der Waals surface area contributed by atoms with Gasteiger partial charge in [0, 0.05) is 24.9 Å². The lowest BCUT2D eigenvalue weighted by atomic mass is 10.0. The summed E-state index contributed by atoms with van der Waals surface area (Å²) in [5.74, 6) is -0.168. The van der Waals surface area contributed by atoms with Crippen LogP contribution in [0.1, 0.15) is 66.0 Å². The molecule has 1 N–H and O–H groups in total. The van der Waals surface area contributed by atoms with Crippen LogP contribution in [0.4, 0.5) is 10.1 Å². The van der Waals surface area contributed by atoms with E-state index in [1.165, 1.54) is 41.3 Å². The van der Waals surface area contributed by atoms with Crippen molar-refractivity contribution in [1.82, 2.24) is 9.78 Å². The quantitative estimate of drug-likeness (QED) is 0.405. The van der Waals surface area contributed by atoms with Gasteiger partial charge in [0.15, 0.2) is 0 Å². The number of hydrogen-bond donors (Lipinski definition) is 1. The third kappa shape index (κ3) is 4.65. The van der Waals surface area contributed by atoms with Crippen LogP contribution in [-0.2, 0) is 22.6 Å². The highest BCUT2D eigenvalue weighted by Gasteiger charge is 2.46. The van der Waals surface area contributed by atoms with Gasteiger partial charge in [-0.15, -0.1) is 0 Å². The summed E-state index contributed by atoms with van der Waals surface area (Å²) < 4.78 is 23.6. The van der Waals surface area contributed by atoms with Gasteiger partial charge in [-0.3, -0.25) is 4.79 Å². The number of aromatic nitrogens is 2. The van der Waals surface area contributed by atoms with E-state index in [1.807, 2.05) is 18.3 Å². The number of benzene rings is 2. The van der Waals surface area contributed by atoms with Crippen LogP contribution in [0.5, 0.6) is 0 Å². The van der Waals surface area contributed by atoms with Crippen LogP contribution >= 0.6 is 0 Å². The fourth-order valence-corrected chi connectivity index (χ4v) is 6.38. The number of para-hydroxylation sites is 1. The van der Waals surface area contributed by atoms with Gasteiger partial charge in [0.25, 0.3) is 0 Å². The molecule has 3 fully saturated rings. The number of aliphatic carboxylic acids is 1. The van der Waals surface area contributed by atoms with Crippen LogP contribution in [0.2, 0.25) is 0 Å². The summed E-state index contributed by atoms with van der Waals surface area (Å²) in [5.41, 5.74) is 7.39. The van der Waals surface area contributed by atoms with Gasteiger partial charge in [0.1, 0.15) is 5.82 Å². The lowest BCUT2D eigenvalue weighted by molar-refractivity contribution is -0.136. The fourth-order valence-electron chi connectivity index (χ4n) is 6.38. The maximum atomic E-state index is 14.9. The van der Waals surface area contributed by atoms with E-state index in [0.717, 1.165) is 30.6 Å². The number of rotatable bonds is 9. The molecule has 1 aromatic heterocycles. The second-order valence-electron chi connectivity index (χ2n) is 11.0. The molecule has 37 heavy (non-hydrogen) atoms. The summed E-state index contributed by atoms with van der Waals surface area (Å²) in [7, 11) is 0. The Bertz CT molecular complexity index is 1310. The van der Waals surface area contributed by atoms with Gasteiger partial charge < -0.3 is 14.7 Å². The highest BCUT2D eigenvalue weighted by atomic mass is 19.1. The Kier molecular flexibility index (Phi) is 6.27. The van der Waals surface area contributed by atoms with Crippen molar-refractivity contribution in [1.29, 1.82) is 0 Å². The van der Waals surface area contributed by atoms with Gasteiger partial charge in [-0.05, 0) is 86.3 Å². The number of piperidine rings is 1. The minimum absolute atomic E-state index is 0.0109. The number of aryl methyl sites for hydroxylation is 3. The Balaban J connectivity index is 1.15. The highest BCUT2D eigenvalue weighted by molar-refractivity contribution is 5.67. The molecule has 3 aromatic rings. The Morgan fingerprint density at radius 3 is 2.59 bits per heavy atom. The van der Waals surface area contributed by atoms with Gasteiger partial charge in [-0.1, -0.05) is 24.3 Å². The number of ether oxygens (including phenoxy) is 1. The van der Waals surface area contributed by atoms with Crippen molar-refractivity contribution in [2.45, 2.75) is 77.0 Å². The number of carboxylic acid groups (broad SMARTS) is 1. The summed E-state index contributed by atoms with van der Waals surface area (Å²) in [6.07, 6.45) is 6.88. The number of nitrogens with zero attached hydrogens (tertiary/aromatic N) is 3. The topological polar surface area (TPSA) is 67.6 Å². The average molecular weight is 504 g/mol. The number of carbonyl (C=O) groups is 1. The first-order valence-corrected chi connectivity index (χ1v) is 13.4. The van der Waals surface area contributed by atoms with E-state index in [9.17, 15) is 9.18 Å². The highest BCUT2D eigenvalue weighted by Crippen LogP contribution is 2.45. The normalized spacial score (nSPS) is 22.7. The summed E-state index contributed by atoms with van der Waals surface area (Å²) in [6.45, 7) is 5.59. The van der Waals surface area contributed by atoms with Gasteiger partial charge in [-0.2, -0.15) is 5.10 Å². The molecule has 0 unspecified atom stereocenters. The van der Waals surface area contributed by atoms with Gasteiger partial charge in [-0.25, -0.2) is 9.07 Å². The molecule has 2 aromatic carbocycles. The number of anilines is 1. The molecule has 7 heteroatoms. The van der Waals surface area contributed by atoms with Crippen molar-refractivity contribution in [2.75, 3.05) is 11.4 Å². The number of fused-ring (bicyclic) bond motifs is 2. The molecule has 3 aliphatic rings. The third-order valence-electron chi connectivity index (χ3n) is 8.43. The van der Waals surface area contributed by atoms with Crippen molar-refractivity contribution in [3.63, 3.8) is 0 Å². The van der Waals surface area contributed by atoms with Crippen LogP contribution in [-0.4, -0.2) is 39.5 Å². The van der Waals surface area contributed by atoms with Gasteiger partial charge in [0.2, 0.25) is 0 Å². The van der Waals surface area contributed by atoms with Crippen LogP contribution in [0.25, 0.3) is 5.69 Å². The standard InChI is InChI=1S/C30H34FN3O3/c1-18-4-3-5-19(2)30(18)34-27(24(15-32-34)21-8-9-21)17-37-28-14-23-13-22(28)16-33(23)26-10-6-20(12-25(26)31)7-11-29(35)36/h3-6,10,12,15,21-23,28H,7-9,11,13-14,16-17H2,1-2H3,(H,35,36)/t22-,23-,28+/m0/s1. The lowest BCUT2D eigenvalue weighted by Gasteiger charge is -2.33. The van der Waals surface area contributed by atoms with Gasteiger partial charge in [0.05, 0.1) is 36.0 Å². The van der Waals surface area contributed by atoms with Crippen molar-refractivity contribution in [3.8, 4) is 5.69 Å². The van der Waals surface area contributed by atoms with E-state index < -0.39 is 5.97 Å². The molecule has 6 nitrogen and oxygen atoms in total. The molecule has 2 saturated carbocycles. The molecule has 2 aliphatic carbocycles. The zero-order valence-corrected chi connectivity index (χ0v) is 21.5. The second-order valence-corrected chi connectivity index (χ2v) is 11.0. The first-order valence-electron chi connectivity index (χ1n) is 13.4. The molecule has 0 radical (unpaired) electrons. The zero-order chi connectivity index (χ0) is 25.7. The molecule has 194 valence electrons. The first-order chi connectivity index (χ1) is 17.9. The molecule has 6 rings (SSSR count). The van der Waals surface area contributed by atoms with Crippen molar-refractivity contribution >= 4 is 11.7 Å². The summed E-state index contributed by atoms with van der Waals surface area (Å²) in [6, 6.07) is 11.8. The van der Waals surface area contributed by atoms with Crippen molar-refractivity contribution < 1.29 is 19.0 Å². The monoisotopic (exact) mass is 503 g/mol. The van der Waals surface area contributed by atoms with E-state index in [0.29, 0.717) is 30.6 Å². The Labute approximate surface area is 217 Å². The number of carboxylic acids is 1. The minimum atomic E-state index is -0.867. The molecule has 0 amide bonds. The van der Waals surface area contributed by atoms with Crippen LogP contribution in [0.15, 0.2) is 42.6 Å². The molecule has 2 heterocycles. The predicted octanol–water partition coefficient (Wildman–Crippen LogP) is 5.71. The lowest BCUT2D eigenvalue weighted by Crippen LogP contribution is -2.39. The molecular weight excluding hydrogens is 469 g/mol. The molecule has 2 bridgehead atoms. The Morgan fingerprint density at radius 1 is 1.16 bits per heavy atom. The summed E-state index contributed by atoms with van der Waals surface area (Å²) >= 11 is 0. The molecule has 3 atom stereocenters. The maximum absolute atomic E-state index is 14.9. The largest absolute Gasteiger partial charge is 0.481 e. The van der Waals surface area contributed by atoms with Gasteiger partial charge >= 0.3 is 5.97 Å². The number of hydrogen-bond acceptors (Lipinski definition) is 4. The Morgan fingerprint density at radius 2 is 1.95 bits per heavy atom. The molecule has 1 saturated heterocycles. The van der Waals surface area contributed by atoms with Crippen molar-refractivity contribution in [2.24, 2.45) is 5.92 Å². The maximum Gasteiger partial charge on any atom is 0.303 e. The minimum Gasteiger partial charge on any atom is -0.481 e. The average Bonchev–Trinajstić information content (AvgIpc) is 3.32. The summed E-state index contributed by atoms with van der Waals surface area (Å²) in [5, 5.41) is 13.7. The van der Waals surface area contributed by atoms with E-state index in [2.05, 4.69) is 41.6 Å². The van der Waals surface area contributed by atoms with E-state index in [4.69, 9.17) is 14.9 Å².